The summed E-state index contributed by atoms with van der Waals surface area (Å²) < 4.78 is 27.3. The van der Waals surface area contributed by atoms with Gasteiger partial charge in [0.25, 0.3) is 0 Å². The van der Waals surface area contributed by atoms with E-state index < -0.39 is 9.84 Å². The highest BCUT2D eigenvalue weighted by atomic mass is 32.2. The van der Waals surface area contributed by atoms with E-state index in [1.807, 2.05) is 47.4 Å². The monoisotopic (exact) mass is 516 g/mol. The molecule has 6 rings (SSSR count). The molecule has 2 atom stereocenters. The minimum atomic E-state index is -3.68. The van der Waals surface area contributed by atoms with Crippen molar-refractivity contribution < 1.29 is 8.42 Å². The van der Waals surface area contributed by atoms with Crippen LogP contribution in [0.5, 0.6) is 0 Å². The zero-order valence-corrected chi connectivity index (χ0v) is 21.2. The van der Waals surface area contributed by atoms with Crippen LogP contribution in [0.1, 0.15) is 37.3 Å². The fourth-order valence-electron chi connectivity index (χ4n) is 6.00. The number of nitrogens with one attached hydrogen (secondary N) is 1. The van der Waals surface area contributed by atoms with Crippen LogP contribution in [0.3, 0.4) is 0 Å². The zero-order valence-electron chi connectivity index (χ0n) is 20.4. The van der Waals surface area contributed by atoms with Crippen LogP contribution in [0.25, 0.3) is 28.0 Å². The summed E-state index contributed by atoms with van der Waals surface area (Å²) in [7, 11) is -3.68. The highest BCUT2D eigenvalue weighted by Gasteiger charge is 2.44. The van der Waals surface area contributed by atoms with Gasteiger partial charge in [-0.2, -0.15) is 9.61 Å². The van der Waals surface area contributed by atoms with Crippen molar-refractivity contribution >= 4 is 27.3 Å². The first-order valence-electron chi connectivity index (χ1n) is 12.2. The predicted octanol–water partition coefficient (Wildman–Crippen LogP) is 3.05. The lowest BCUT2D eigenvalue weighted by molar-refractivity contribution is 0.208. The molecule has 2 saturated heterocycles. The number of guanidine groups is 1. The Bertz CT molecular complexity index is 1600. The number of anilines is 1. The second-order valence-corrected chi connectivity index (χ2v) is 11.9. The molecule has 0 amide bonds. The van der Waals surface area contributed by atoms with E-state index >= 15 is 0 Å². The highest BCUT2D eigenvalue weighted by Crippen LogP contribution is 2.45. The van der Waals surface area contributed by atoms with Gasteiger partial charge in [-0.3, -0.25) is 10.4 Å². The number of sulfone groups is 1. The molecule has 0 saturated carbocycles. The van der Waals surface area contributed by atoms with E-state index in [1.165, 1.54) is 4.52 Å². The molecule has 2 fully saturated rings. The van der Waals surface area contributed by atoms with Crippen LogP contribution in [-0.2, 0) is 9.84 Å². The number of piperidine rings is 1. The number of aromatic nitrogens is 4. The normalized spacial score (nSPS) is 21.4. The van der Waals surface area contributed by atoms with Crippen LogP contribution in [0, 0.1) is 5.41 Å². The first-order chi connectivity index (χ1) is 17.7. The summed E-state index contributed by atoms with van der Waals surface area (Å²) >= 11 is 0. The fraction of sp³-hybridized carbons (Fsp3) is 0.308. The van der Waals surface area contributed by atoms with Crippen molar-refractivity contribution in [2.24, 2.45) is 5.73 Å². The summed E-state index contributed by atoms with van der Waals surface area (Å²) in [4.78, 5) is 11.5. The van der Waals surface area contributed by atoms with E-state index in [2.05, 4.69) is 10.1 Å². The summed E-state index contributed by atoms with van der Waals surface area (Å²) in [6.45, 7) is 0. The standard InChI is InChI=1S/C26H28N8O2S/c1-37(35,36)23-22(17-11-18-8-9-19(12-17)33(18)26(28)29)32-25-20(14-31-34(25)24(23)27)16-7-10-21(30-13-16)15-5-3-2-4-6-15/h2-7,10,13-14,17-19H,8-9,11-12,27H2,1H3,(H3,28,29). The molecule has 11 heteroatoms. The van der Waals surface area contributed by atoms with Crippen molar-refractivity contribution in [3.8, 4) is 22.4 Å². The highest BCUT2D eigenvalue weighted by molar-refractivity contribution is 7.91. The molecule has 1 aromatic carbocycles. The molecular weight excluding hydrogens is 488 g/mol. The molecule has 5 heterocycles. The maximum Gasteiger partial charge on any atom is 0.188 e. The second kappa shape index (κ2) is 8.55. The van der Waals surface area contributed by atoms with Crippen LogP contribution in [0.2, 0.25) is 0 Å². The number of pyridine rings is 1. The van der Waals surface area contributed by atoms with Gasteiger partial charge in [0.2, 0.25) is 0 Å². The topological polar surface area (TPSA) is 156 Å². The number of hydrogen-bond donors (Lipinski definition) is 3. The van der Waals surface area contributed by atoms with E-state index in [4.69, 9.17) is 21.9 Å². The molecule has 10 nitrogen and oxygen atoms in total. The van der Waals surface area contributed by atoms with Crippen molar-refractivity contribution in [3.05, 3.63) is 60.6 Å². The molecule has 5 N–H and O–H groups in total. The third-order valence-corrected chi connectivity index (χ3v) is 8.74. The molecule has 4 aromatic rings. The van der Waals surface area contributed by atoms with Gasteiger partial charge in [0.15, 0.2) is 21.4 Å². The van der Waals surface area contributed by atoms with Crippen LogP contribution in [0.4, 0.5) is 5.82 Å². The molecule has 2 bridgehead atoms. The van der Waals surface area contributed by atoms with Gasteiger partial charge in [-0.15, -0.1) is 0 Å². The van der Waals surface area contributed by atoms with E-state index in [-0.39, 0.29) is 34.7 Å². The SMILES string of the molecule is CS(=O)(=O)c1c(C2CC3CCC(C2)N3C(=N)N)nc2c(-c3ccc(-c4ccccc4)nc3)cnn2c1N. The predicted molar refractivity (Wildman–Crippen MR) is 142 cm³/mol. The Labute approximate surface area is 214 Å². The van der Waals surface area contributed by atoms with Gasteiger partial charge in [-0.05, 0) is 31.7 Å². The summed E-state index contributed by atoms with van der Waals surface area (Å²) in [6, 6.07) is 14.0. The van der Waals surface area contributed by atoms with E-state index in [0.717, 1.165) is 41.5 Å². The Morgan fingerprint density at radius 2 is 1.73 bits per heavy atom. The van der Waals surface area contributed by atoms with Gasteiger partial charge in [-0.1, -0.05) is 36.4 Å². The second-order valence-electron chi connectivity index (χ2n) is 9.92. The number of nitrogen functional groups attached to an aromatic ring is 1. The van der Waals surface area contributed by atoms with Crippen LogP contribution < -0.4 is 11.5 Å². The van der Waals surface area contributed by atoms with Gasteiger partial charge in [0.1, 0.15) is 10.7 Å². The Morgan fingerprint density at radius 1 is 1.03 bits per heavy atom. The fourth-order valence-corrected chi connectivity index (χ4v) is 7.06. The third kappa shape index (κ3) is 3.90. The molecule has 2 aliphatic heterocycles. The van der Waals surface area contributed by atoms with Gasteiger partial charge in [0, 0.05) is 47.1 Å². The summed E-state index contributed by atoms with van der Waals surface area (Å²) in [5.41, 5.74) is 16.7. The average Bonchev–Trinajstić information content (AvgIpc) is 3.42. The number of benzene rings is 1. The van der Waals surface area contributed by atoms with Crippen molar-refractivity contribution in [3.63, 3.8) is 0 Å². The molecule has 2 aliphatic rings. The molecule has 0 radical (unpaired) electrons. The molecule has 3 aromatic heterocycles. The Balaban J connectivity index is 1.46. The lowest BCUT2D eigenvalue weighted by Crippen LogP contribution is -2.49. The first-order valence-corrected chi connectivity index (χ1v) is 14.1. The smallest absolute Gasteiger partial charge is 0.188 e. The van der Waals surface area contributed by atoms with Crippen LogP contribution in [0.15, 0.2) is 59.8 Å². The van der Waals surface area contributed by atoms with Gasteiger partial charge in [-0.25, -0.2) is 13.4 Å². The molecule has 2 unspecified atom stereocenters. The van der Waals surface area contributed by atoms with Crippen molar-refractivity contribution in [2.75, 3.05) is 12.0 Å². The lowest BCUT2D eigenvalue weighted by atomic mass is 9.88. The van der Waals surface area contributed by atoms with Crippen LogP contribution in [-0.4, -0.2) is 57.2 Å². The Morgan fingerprint density at radius 3 is 2.32 bits per heavy atom. The number of nitrogens with two attached hydrogens (primary N) is 2. The van der Waals surface area contributed by atoms with E-state index in [0.29, 0.717) is 24.2 Å². The summed E-state index contributed by atoms with van der Waals surface area (Å²) in [5.74, 6) is 0.0113. The maximum atomic E-state index is 12.9. The van der Waals surface area contributed by atoms with Gasteiger partial charge in [0.05, 0.1) is 17.6 Å². The Hall–Kier alpha value is -3.99. The summed E-state index contributed by atoms with van der Waals surface area (Å²) in [6.07, 6.45) is 7.75. The van der Waals surface area contributed by atoms with E-state index in [1.54, 1.807) is 12.4 Å². The number of fused-ring (bicyclic) bond motifs is 3. The molecule has 190 valence electrons. The maximum absolute atomic E-state index is 12.9. The summed E-state index contributed by atoms with van der Waals surface area (Å²) in [5, 5.41) is 12.4. The average molecular weight is 517 g/mol. The molecule has 37 heavy (non-hydrogen) atoms. The molecule has 0 aliphatic carbocycles. The number of nitrogens with zero attached hydrogens (tertiary/aromatic N) is 5. The third-order valence-electron chi connectivity index (χ3n) is 7.58. The number of rotatable bonds is 4. The molecule has 0 spiro atoms. The van der Waals surface area contributed by atoms with Crippen LogP contribution >= 0.6 is 0 Å². The molecular formula is C26H28N8O2S. The minimum absolute atomic E-state index is 0.0351. The minimum Gasteiger partial charge on any atom is -0.382 e. The van der Waals surface area contributed by atoms with Crippen molar-refractivity contribution in [2.45, 2.75) is 48.6 Å². The van der Waals surface area contributed by atoms with Gasteiger partial charge >= 0.3 is 0 Å². The van der Waals surface area contributed by atoms with E-state index in [9.17, 15) is 8.42 Å². The number of hydrogen-bond acceptors (Lipinski definition) is 7. The Kier molecular flexibility index (Phi) is 5.41. The first kappa shape index (κ1) is 23.4. The van der Waals surface area contributed by atoms with Gasteiger partial charge < -0.3 is 16.4 Å². The largest absolute Gasteiger partial charge is 0.382 e. The van der Waals surface area contributed by atoms with Crippen molar-refractivity contribution in [1.82, 2.24) is 24.5 Å². The lowest BCUT2D eigenvalue weighted by Gasteiger charge is -2.39. The van der Waals surface area contributed by atoms with Crippen molar-refractivity contribution in [1.29, 1.82) is 5.41 Å². The zero-order chi connectivity index (χ0) is 25.9. The quantitative estimate of drug-likeness (QED) is 0.276.